The first-order valence-corrected chi connectivity index (χ1v) is 12.4. The molecule has 2 atom stereocenters. The van der Waals surface area contributed by atoms with Crippen LogP contribution in [0.25, 0.3) is 10.9 Å². The zero-order chi connectivity index (χ0) is 24.5. The van der Waals surface area contributed by atoms with Crippen molar-refractivity contribution in [2.75, 3.05) is 13.7 Å². The summed E-state index contributed by atoms with van der Waals surface area (Å²) in [5.74, 6) is 0.817. The van der Waals surface area contributed by atoms with Gasteiger partial charge in [-0.25, -0.2) is 0 Å². The van der Waals surface area contributed by atoms with Gasteiger partial charge >= 0.3 is 0 Å². The number of hydrogen-bond acceptors (Lipinski definition) is 3. The van der Waals surface area contributed by atoms with E-state index in [1.165, 1.54) is 16.8 Å². The highest BCUT2D eigenvalue weighted by molar-refractivity contribution is 5.98. The molecule has 5 rings (SSSR count). The number of ether oxygens (including phenoxy) is 1. The second-order valence-corrected chi connectivity index (χ2v) is 9.82. The van der Waals surface area contributed by atoms with E-state index in [9.17, 15) is 9.59 Å². The van der Waals surface area contributed by atoms with Crippen LogP contribution >= 0.6 is 0 Å². The van der Waals surface area contributed by atoms with Crippen LogP contribution in [0.2, 0.25) is 0 Å². The molecule has 2 saturated heterocycles. The Morgan fingerprint density at radius 1 is 1.14 bits per heavy atom. The first kappa shape index (κ1) is 23.2. The lowest BCUT2D eigenvalue weighted by Crippen LogP contribution is -2.61. The predicted octanol–water partition coefficient (Wildman–Crippen LogP) is 4.24. The highest BCUT2D eigenvalue weighted by atomic mass is 16.5. The molecule has 0 spiro atoms. The molecule has 0 unspecified atom stereocenters. The Hall–Kier alpha value is -3.54. The van der Waals surface area contributed by atoms with E-state index in [1.807, 2.05) is 12.1 Å². The molecule has 0 bridgehead atoms. The number of benzene rings is 2. The third-order valence-electron chi connectivity index (χ3n) is 7.24. The molecular weight excluding hydrogens is 438 g/mol. The lowest BCUT2D eigenvalue weighted by atomic mass is 9.97. The van der Waals surface area contributed by atoms with Gasteiger partial charge in [0.15, 0.2) is 0 Å². The Morgan fingerprint density at radius 2 is 1.94 bits per heavy atom. The fraction of sp³-hybridized carbons (Fsp3) is 0.379. The molecule has 2 aliphatic heterocycles. The van der Waals surface area contributed by atoms with E-state index in [-0.39, 0.29) is 17.9 Å². The van der Waals surface area contributed by atoms with E-state index in [4.69, 9.17) is 4.74 Å². The van der Waals surface area contributed by atoms with Gasteiger partial charge in [0.05, 0.1) is 12.6 Å². The van der Waals surface area contributed by atoms with E-state index in [0.717, 1.165) is 48.0 Å². The van der Waals surface area contributed by atoms with Crippen LogP contribution in [-0.4, -0.2) is 47.0 Å². The third kappa shape index (κ3) is 4.45. The summed E-state index contributed by atoms with van der Waals surface area (Å²) in [6, 6.07) is 15.7. The Kier molecular flexibility index (Phi) is 6.37. The molecule has 1 N–H and O–H groups in total. The van der Waals surface area contributed by atoms with E-state index < -0.39 is 6.04 Å². The van der Waals surface area contributed by atoms with E-state index in [2.05, 4.69) is 66.2 Å². The smallest absolute Gasteiger partial charge is 0.246 e. The molecule has 2 aliphatic rings. The zero-order valence-electron chi connectivity index (χ0n) is 20.7. The second kappa shape index (κ2) is 9.61. The van der Waals surface area contributed by atoms with E-state index >= 15 is 0 Å². The first-order chi connectivity index (χ1) is 17.0. The van der Waals surface area contributed by atoms with Crippen molar-refractivity contribution in [2.24, 2.45) is 0 Å². The summed E-state index contributed by atoms with van der Waals surface area (Å²) in [6.45, 7) is 5.59. The summed E-state index contributed by atoms with van der Waals surface area (Å²) in [5.41, 5.74) is 5.82. The number of rotatable bonds is 7. The normalized spacial score (nSPS) is 19.6. The summed E-state index contributed by atoms with van der Waals surface area (Å²) in [6.07, 6.45) is 5.10. The fourth-order valence-corrected chi connectivity index (χ4v) is 5.46. The van der Waals surface area contributed by atoms with Gasteiger partial charge in [0, 0.05) is 43.1 Å². The average Bonchev–Trinajstić information content (AvgIpc) is 3.46. The van der Waals surface area contributed by atoms with Crippen LogP contribution in [0.3, 0.4) is 0 Å². The summed E-state index contributed by atoms with van der Waals surface area (Å²) >= 11 is 0. The van der Waals surface area contributed by atoms with Crippen molar-refractivity contribution < 1.29 is 14.3 Å². The standard InChI is InChI=1S/C29H33N3O3/c1-19(2)11-14-25-23(17-24-29(34)31-15-7-10-26(31)28(33)30-24)22-13-12-21(35-3)16-27(22)32(25)18-20-8-5-4-6-9-20/h4-6,8-9,11-13,16,24,26H,7,10,14-15,17-18H2,1-3H3,(H,30,33)/t24-,26-/m0/s1. The van der Waals surface area contributed by atoms with Gasteiger partial charge in [-0.2, -0.15) is 0 Å². The average molecular weight is 472 g/mol. The number of carbonyl (C=O) groups is 2. The summed E-state index contributed by atoms with van der Waals surface area (Å²) in [4.78, 5) is 27.9. The van der Waals surface area contributed by atoms with Gasteiger partial charge in [0.1, 0.15) is 17.8 Å². The molecule has 6 heteroatoms. The number of allylic oxidation sites excluding steroid dienone is 2. The minimum atomic E-state index is -0.541. The number of hydrogen-bond donors (Lipinski definition) is 1. The summed E-state index contributed by atoms with van der Waals surface area (Å²) in [5, 5.41) is 4.15. The number of piperazine rings is 1. The number of nitrogens with one attached hydrogen (secondary N) is 1. The Labute approximate surface area is 206 Å². The summed E-state index contributed by atoms with van der Waals surface area (Å²) in [7, 11) is 1.68. The van der Waals surface area contributed by atoms with Gasteiger partial charge < -0.3 is 19.5 Å². The Morgan fingerprint density at radius 3 is 2.69 bits per heavy atom. The SMILES string of the molecule is COc1ccc2c(C[C@@H]3NC(=O)[C@@H]4CCCN4C3=O)c(CC=C(C)C)n(Cc3ccccc3)c2c1. The first-order valence-electron chi connectivity index (χ1n) is 12.4. The van der Waals surface area contributed by atoms with Crippen molar-refractivity contribution in [3.05, 3.63) is 77.0 Å². The highest BCUT2D eigenvalue weighted by Crippen LogP contribution is 2.33. The van der Waals surface area contributed by atoms with Crippen LogP contribution in [0.4, 0.5) is 0 Å². The minimum Gasteiger partial charge on any atom is -0.497 e. The molecule has 0 aliphatic carbocycles. The number of amides is 2. The van der Waals surface area contributed by atoms with Gasteiger partial charge in [-0.3, -0.25) is 9.59 Å². The van der Waals surface area contributed by atoms with Crippen LogP contribution in [0.15, 0.2) is 60.2 Å². The maximum atomic E-state index is 13.3. The molecule has 2 aromatic carbocycles. The van der Waals surface area contributed by atoms with Crippen molar-refractivity contribution >= 4 is 22.7 Å². The maximum absolute atomic E-state index is 13.3. The van der Waals surface area contributed by atoms with Crippen molar-refractivity contribution in [1.29, 1.82) is 0 Å². The molecule has 3 aromatic rings. The van der Waals surface area contributed by atoms with Crippen LogP contribution in [0.1, 0.15) is 43.5 Å². The van der Waals surface area contributed by atoms with Gasteiger partial charge in [-0.05, 0) is 49.9 Å². The van der Waals surface area contributed by atoms with Crippen LogP contribution in [-0.2, 0) is 29.0 Å². The summed E-state index contributed by atoms with van der Waals surface area (Å²) < 4.78 is 7.90. The number of methoxy groups -OCH3 is 1. The second-order valence-electron chi connectivity index (χ2n) is 9.82. The zero-order valence-corrected chi connectivity index (χ0v) is 20.7. The largest absolute Gasteiger partial charge is 0.497 e. The monoisotopic (exact) mass is 471 g/mol. The molecule has 0 radical (unpaired) electrons. The van der Waals surface area contributed by atoms with Crippen LogP contribution in [0, 0.1) is 0 Å². The molecule has 2 fully saturated rings. The Balaban J connectivity index is 1.62. The van der Waals surface area contributed by atoms with Crippen molar-refractivity contribution in [2.45, 2.75) is 58.2 Å². The molecule has 2 amide bonds. The number of aromatic nitrogens is 1. The van der Waals surface area contributed by atoms with Crippen molar-refractivity contribution in [3.63, 3.8) is 0 Å². The Bertz CT molecular complexity index is 1290. The number of fused-ring (bicyclic) bond motifs is 2. The van der Waals surface area contributed by atoms with Gasteiger partial charge in [-0.15, -0.1) is 0 Å². The van der Waals surface area contributed by atoms with Crippen molar-refractivity contribution in [1.82, 2.24) is 14.8 Å². The van der Waals surface area contributed by atoms with Crippen molar-refractivity contribution in [3.8, 4) is 5.75 Å². The minimum absolute atomic E-state index is 0.0207. The topological polar surface area (TPSA) is 63.6 Å². The number of carbonyl (C=O) groups excluding carboxylic acids is 2. The van der Waals surface area contributed by atoms with Gasteiger partial charge in [-0.1, -0.05) is 42.0 Å². The number of nitrogens with zero attached hydrogens (tertiary/aromatic N) is 2. The molecule has 35 heavy (non-hydrogen) atoms. The predicted molar refractivity (Wildman–Crippen MR) is 138 cm³/mol. The van der Waals surface area contributed by atoms with E-state index in [1.54, 1.807) is 12.0 Å². The molecular formula is C29H33N3O3. The molecule has 1 aromatic heterocycles. The molecule has 0 saturated carbocycles. The third-order valence-corrected chi connectivity index (χ3v) is 7.24. The van der Waals surface area contributed by atoms with Crippen LogP contribution < -0.4 is 10.1 Å². The lowest BCUT2D eigenvalue weighted by molar-refractivity contribution is -0.146. The van der Waals surface area contributed by atoms with E-state index in [0.29, 0.717) is 13.0 Å². The lowest BCUT2D eigenvalue weighted by Gasteiger charge is -2.34. The fourth-order valence-electron chi connectivity index (χ4n) is 5.46. The molecule has 6 nitrogen and oxygen atoms in total. The highest BCUT2D eigenvalue weighted by Gasteiger charge is 2.43. The molecule has 3 heterocycles. The van der Waals surface area contributed by atoms with Gasteiger partial charge in [0.25, 0.3) is 0 Å². The maximum Gasteiger partial charge on any atom is 0.246 e. The van der Waals surface area contributed by atoms with Gasteiger partial charge in [0.2, 0.25) is 11.8 Å². The quantitative estimate of drug-likeness (QED) is 0.525. The molecule has 182 valence electrons. The van der Waals surface area contributed by atoms with Crippen LogP contribution in [0.5, 0.6) is 5.75 Å².